The molecule has 1 fully saturated rings. The van der Waals surface area contributed by atoms with Gasteiger partial charge in [-0.05, 0) is 30.5 Å². The first-order valence-electron chi connectivity index (χ1n) is 7.56. The molecule has 5 heteroatoms. The van der Waals surface area contributed by atoms with Crippen molar-refractivity contribution in [3.8, 4) is 0 Å². The summed E-state index contributed by atoms with van der Waals surface area (Å²) < 4.78 is 0. The largest absolute Gasteiger partial charge is 0.478 e. The third-order valence-corrected chi connectivity index (χ3v) is 4.30. The molecule has 1 aromatic carbocycles. The maximum absolute atomic E-state index is 12.7. The Morgan fingerprint density at radius 2 is 1.87 bits per heavy atom. The van der Waals surface area contributed by atoms with Crippen LogP contribution in [0.4, 0.5) is 0 Å². The molecule has 1 aliphatic heterocycles. The van der Waals surface area contributed by atoms with Gasteiger partial charge < -0.3 is 10.0 Å². The van der Waals surface area contributed by atoms with E-state index < -0.39 is 5.97 Å². The molecule has 3 rings (SSSR count). The van der Waals surface area contributed by atoms with E-state index in [1.54, 1.807) is 11.8 Å². The molecule has 1 N–H and O–H groups in total. The van der Waals surface area contributed by atoms with Crippen LogP contribution in [0.2, 0.25) is 0 Å². The van der Waals surface area contributed by atoms with Crippen LogP contribution in [0.25, 0.3) is 0 Å². The molecule has 2 atom stereocenters. The normalized spacial score (nSPS) is 20.0. The SMILES string of the molecule is Cc1nc(C(=O)N2CC(C)C2c2ccccc2)ccc1C(=O)O. The second-order valence-corrected chi connectivity index (χ2v) is 5.92. The van der Waals surface area contributed by atoms with E-state index in [-0.39, 0.29) is 17.5 Å². The van der Waals surface area contributed by atoms with Gasteiger partial charge in [-0.3, -0.25) is 4.79 Å². The van der Waals surface area contributed by atoms with Crippen LogP contribution in [0.3, 0.4) is 0 Å². The van der Waals surface area contributed by atoms with Gasteiger partial charge in [-0.1, -0.05) is 37.3 Å². The number of aryl methyl sites for hydroxylation is 1. The summed E-state index contributed by atoms with van der Waals surface area (Å²) >= 11 is 0. The average Bonchev–Trinajstić information content (AvgIpc) is 2.52. The number of carbonyl (C=O) groups excluding carboxylic acids is 1. The van der Waals surface area contributed by atoms with Crippen molar-refractivity contribution in [3.05, 3.63) is 65.0 Å². The topological polar surface area (TPSA) is 70.5 Å². The maximum atomic E-state index is 12.7. The van der Waals surface area contributed by atoms with Gasteiger partial charge in [0.2, 0.25) is 0 Å². The second-order valence-electron chi connectivity index (χ2n) is 5.92. The molecule has 0 saturated carbocycles. The van der Waals surface area contributed by atoms with Crippen LogP contribution in [-0.4, -0.2) is 33.4 Å². The van der Waals surface area contributed by atoms with E-state index in [4.69, 9.17) is 5.11 Å². The minimum absolute atomic E-state index is 0.0463. The van der Waals surface area contributed by atoms with Gasteiger partial charge in [0.1, 0.15) is 5.69 Å². The molecular formula is C18H18N2O3. The van der Waals surface area contributed by atoms with Crippen molar-refractivity contribution in [1.82, 2.24) is 9.88 Å². The number of aromatic carboxylic acids is 1. The summed E-state index contributed by atoms with van der Waals surface area (Å²) in [7, 11) is 0. The third-order valence-electron chi connectivity index (χ3n) is 4.30. The van der Waals surface area contributed by atoms with Crippen LogP contribution in [0.5, 0.6) is 0 Å². The number of amides is 1. The fourth-order valence-electron chi connectivity index (χ4n) is 3.11. The number of carboxylic acids is 1. The molecule has 118 valence electrons. The van der Waals surface area contributed by atoms with Crippen molar-refractivity contribution in [2.24, 2.45) is 5.92 Å². The summed E-state index contributed by atoms with van der Waals surface area (Å²) in [6.07, 6.45) is 0. The van der Waals surface area contributed by atoms with Crippen molar-refractivity contribution in [3.63, 3.8) is 0 Å². The fourth-order valence-corrected chi connectivity index (χ4v) is 3.11. The lowest BCUT2D eigenvalue weighted by Crippen LogP contribution is -2.51. The lowest BCUT2D eigenvalue weighted by molar-refractivity contribution is 0.0191. The number of rotatable bonds is 3. The summed E-state index contributed by atoms with van der Waals surface area (Å²) in [4.78, 5) is 29.7. The zero-order valence-electron chi connectivity index (χ0n) is 13.1. The smallest absolute Gasteiger partial charge is 0.337 e. The third kappa shape index (κ3) is 2.70. The number of carboxylic acid groups (broad SMARTS) is 1. The Morgan fingerprint density at radius 1 is 1.17 bits per heavy atom. The molecule has 23 heavy (non-hydrogen) atoms. The molecule has 0 radical (unpaired) electrons. The highest BCUT2D eigenvalue weighted by Crippen LogP contribution is 2.39. The Kier molecular flexibility index (Phi) is 3.86. The number of aromatic nitrogens is 1. The minimum atomic E-state index is -1.03. The van der Waals surface area contributed by atoms with Crippen LogP contribution in [0, 0.1) is 12.8 Å². The summed E-state index contributed by atoms with van der Waals surface area (Å²) in [5, 5.41) is 9.05. The van der Waals surface area contributed by atoms with E-state index in [0.29, 0.717) is 23.9 Å². The first-order chi connectivity index (χ1) is 11.0. The minimum Gasteiger partial charge on any atom is -0.478 e. The fraction of sp³-hybridized carbons (Fsp3) is 0.278. The number of nitrogens with zero attached hydrogens (tertiary/aromatic N) is 2. The van der Waals surface area contributed by atoms with Crippen LogP contribution in [-0.2, 0) is 0 Å². The van der Waals surface area contributed by atoms with Crippen molar-refractivity contribution in [2.45, 2.75) is 19.9 Å². The summed E-state index contributed by atoms with van der Waals surface area (Å²) in [5.74, 6) is -0.800. The van der Waals surface area contributed by atoms with Crippen molar-refractivity contribution < 1.29 is 14.7 Å². The lowest BCUT2D eigenvalue weighted by atomic mass is 9.84. The van der Waals surface area contributed by atoms with Gasteiger partial charge >= 0.3 is 5.97 Å². The molecule has 1 amide bonds. The summed E-state index contributed by atoms with van der Waals surface area (Å²) in [6, 6.07) is 12.9. The highest BCUT2D eigenvalue weighted by atomic mass is 16.4. The molecule has 2 aromatic rings. The Bertz CT molecular complexity index is 758. The summed E-state index contributed by atoms with van der Waals surface area (Å²) in [5.41, 5.74) is 1.88. The van der Waals surface area contributed by atoms with E-state index in [9.17, 15) is 9.59 Å². The van der Waals surface area contributed by atoms with E-state index in [1.165, 1.54) is 12.1 Å². The molecule has 1 aliphatic rings. The standard InChI is InChI=1S/C18H18N2O3/c1-11-10-20(16(11)13-6-4-3-5-7-13)17(21)15-9-8-14(18(22)23)12(2)19-15/h3-9,11,16H,10H2,1-2H3,(H,22,23). The van der Waals surface area contributed by atoms with Crippen molar-refractivity contribution in [1.29, 1.82) is 0 Å². The first kappa shape index (κ1) is 15.2. The van der Waals surface area contributed by atoms with Crippen molar-refractivity contribution in [2.75, 3.05) is 6.54 Å². The molecular weight excluding hydrogens is 292 g/mol. The second kappa shape index (κ2) is 5.83. The number of hydrogen-bond donors (Lipinski definition) is 1. The molecule has 1 aromatic heterocycles. The number of carbonyl (C=O) groups is 2. The van der Waals surface area contributed by atoms with Crippen molar-refractivity contribution >= 4 is 11.9 Å². The summed E-state index contributed by atoms with van der Waals surface area (Å²) in [6.45, 7) is 4.40. The molecule has 0 aliphatic carbocycles. The molecule has 1 saturated heterocycles. The van der Waals surface area contributed by atoms with E-state index in [1.807, 2.05) is 30.3 Å². The van der Waals surface area contributed by atoms with E-state index >= 15 is 0 Å². The Balaban J connectivity index is 1.86. The highest BCUT2D eigenvalue weighted by molar-refractivity contribution is 5.95. The van der Waals surface area contributed by atoms with Gasteiger partial charge in [0.05, 0.1) is 17.3 Å². The zero-order chi connectivity index (χ0) is 16.6. The van der Waals surface area contributed by atoms with Crippen LogP contribution in [0.15, 0.2) is 42.5 Å². The molecule has 0 spiro atoms. The lowest BCUT2D eigenvalue weighted by Gasteiger charge is -2.47. The van der Waals surface area contributed by atoms with Gasteiger partial charge in [0.25, 0.3) is 5.91 Å². The first-order valence-corrected chi connectivity index (χ1v) is 7.56. The van der Waals surface area contributed by atoms with Gasteiger partial charge in [-0.25, -0.2) is 9.78 Å². The van der Waals surface area contributed by atoms with Gasteiger partial charge in [0, 0.05) is 6.54 Å². The van der Waals surface area contributed by atoms with Gasteiger partial charge in [-0.2, -0.15) is 0 Å². The van der Waals surface area contributed by atoms with Gasteiger partial charge in [-0.15, -0.1) is 0 Å². The van der Waals surface area contributed by atoms with Gasteiger partial charge in [0.15, 0.2) is 0 Å². The average molecular weight is 310 g/mol. The number of pyridine rings is 1. The highest BCUT2D eigenvalue weighted by Gasteiger charge is 2.40. The molecule has 0 bridgehead atoms. The predicted octanol–water partition coefficient (Wildman–Crippen LogP) is 2.92. The monoisotopic (exact) mass is 310 g/mol. The molecule has 5 nitrogen and oxygen atoms in total. The number of benzene rings is 1. The predicted molar refractivity (Wildman–Crippen MR) is 85.3 cm³/mol. The number of hydrogen-bond acceptors (Lipinski definition) is 3. The quantitative estimate of drug-likeness (QED) is 0.946. The van der Waals surface area contributed by atoms with Crippen LogP contribution >= 0.6 is 0 Å². The Morgan fingerprint density at radius 3 is 2.43 bits per heavy atom. The van der Waals surface area contributed by atoms with Crippen LogP contribution < -0.4 is 0 Å². The Labute approximate surface area is 134 Å². The zero-order valence-corrected chi connectivity index (χ0v) is 13.1. The molecule has 2 heterocycles. The number of likely N-dealkylation sites (tertiary alicyclic amines) is 1. The van der Waals surface area contributed by atoms with E-state index in [0.717, 1.165) is 5.56 Å². The van der Waals surface area contributed by atoms with E-state index in [2.05, 4.69) is 11.9 Å². The van der Waals surface area contributed by atoms with Crippen LogP contribution in [0.1, 0.15) is 45.1 Å². The Hall–Kier alpha value is -2.69. The maximum Gasteiger partial charge on any atom is 0.337 e. The molecule has 2 unspecified atom stereocenters.